The second kappa shape index (κ2) is 11.9. The van der Waals surface area contributed by atoms with Crippen molar-refractivity contribution in [1.82, 2.24) is 0 Å². The van der Waals surface area contributed by atoms with Crippen LogP contribution in [0.15, 0.2) is 66.7 Å². The Morgan fingerprint density at radius 1 is 0.781 bits per heavy atom. The van der Waals surface area contributed by atoms with Gasteiger partial charge in [0.2, 0.25) is 0 Å². The van der Waals surface area contributed by atoms with Crippen LogP contribution in [0.1, 0.15) is 107 Å². The lowest BCUT2D eigenvalue weighted by Gasteiger charge is -2.38. The molecule has 1 atom stereocenters. The van der Waals surface area contributed by atoms with Gasteiger partial charge in [-0.1, -0.05) is 86.5 Å². The van der Waals surface area contributed by atoms with Gasteiger partial charge in [-0.05, 0) is 111 Å². The predicted molar refractivity (Wildman–Crippen MR) is 139 cm³/mol. The van der Waals surface area contributed by atoms with Crippen LogP contribution in [-0.4, -0.2) is 0 Å². The van der Waals surface area contributed by atoms with Gasteiger partial charge in [-0.15, -0.1) is 0 Å². The molecule has 2 saturated carbocycles. The highest BCUT2D eigenvalue weighted by Gasteiger charge is 2.31. The van der Waals surface area contributed by atoms with Crippen molar-refractivity contribution in [2.24, 2.45) is 17.8 Å². The van der Waals surface area contributed by atoms with Crippen molar-refractivity contribution < 1.29 is 0 Å². The number of allylic oxidation sites excluding steroid dienone is 2. The maximum Gasteiger partial charge on any atom is -0.0150 e. The number of rotatable bonds is 8. The van der Waals surface area contributed by atoms with E-state index < -0.39 is 0 Å². The molecule has 0 aromatic heterocycles. The number of benzene rings is 2. The monoisotopic (exact) mass is 428 g/mol. The van der Waals surface area contributed by atoms with E-state index in [1.54, 1.807) is 5.56 Å². The lowest BCUT2D eigenvalue weighted by Crippen LogP contribution is -2.25. The van der Waals surface area contributed by atoms with Crippen molar-refractivity contribution in [3.8, 4) is 0 Å². The normalized spacial score (nSPS) is 27.4. The van der Waals surface area contributed by atoms with Crippen LogP contribution in [0.5, 0.6) is 0 Å². The summed E-state index contributed by atoms with van der Waals surface area (Å²) in [4.78, 5) is 0. The Labute approximate surface area is 197 Å². The Balaban J connectivity index is 1.21. The zero-order valence-electron chi connectivity index (χ0n) is 20.5. The van der Waals surface area contributed by atoms with Gasteiger partial charge in [0.25, 0.3) is 0 Å². The first-order valence-corrected chi connectivity index (χ1v) is 13.5. The molecule has 172 valence electrons. The maximum atomic E-state index is 2.44. The molecule has 0 amide bonds. The Morgan fingerprint density at radius 2 is 1.41 bits per heavy atom. The summed E-state index contributed by atoms with van der Waals surface area (Å²) in [7, 11) is 0. The summed E-state index contributed by atoms with van der Waals surface area (Å²) in [5, 5.41) is 0. The molecule has 0 spiro atoms. The minimum absolute atomic E-state index is 0.579. The highest BCUT2D eigenvalue weighted by atomic mass is 14.4. The second-order valence-electron chi connectivity index (χ2n) is 10.8. The first-order chi connectivity index (χ1) is 15.7. The van der Waals surface area contributed by atoms with Gasteiger partial charge in [0.1, 0.15) is 0 Å². The number of hydrogen-bond donors (Lipinski definition) is 0. The molecule has 0 aliphatic heterocycles. The second-order valence-corrected chi connectivity index (χ2v) is 10.8. The molecule has 32 heavy (non-hydrogen) atoms. The molecule has 2 fully saturated rings. The SMILES string of the molecule is C/C=C/CCC1CCC(C2CCC(c3ccc(C[C@@H](C)c4ccccc4)cc3)CC2)CC1. The molecule has 0 nitrogen and oxygen atoms in total. The van der Waals surface area contributed by atoms with Crippen LogP contribution >= 0.6 is 0 Å². The van der Waals surface area contributed by atoms with Crippen LogP contribution in [0.3, 0.4) is 0 Å². The van der Waals surface area contributed by atoms with Crippen molar-refractivity contribution in [3.63, 3.8) is 0 Å². The largest absolute Gasteiger partial charge is 0.0917 e. The quantitative estimate of drug-likeness (QED) is 0.367. The van der Waals surface area contributed by atoms with E-state index in [1.165, 1.54) is 75.3 Å². The van der Waals surface area contributed by atoms with Crippen molar-refractivity contribution >= 4 is 0 Å². The zero-order chi connectivity index (χ0) is 22.2. The van der Waals surface area contributed by atoms with E-state index in [-0.39, 0.29) is 0 Å². The fourth-order valence-electron chi connectivity index (χ4n) is 6.55. The maximum absolute atomic E-state index is 2.44. The molecule has 2 aliphatic carbocycles. The molecular weight excluding hydrogens is 384 g/mol. The summed E-state index contributed by atoms with van der Waals surface area (Å²) in [6.07, 6.45) is 20.1. The fourth-order valence-corrected chi connectivity index (χ4v) is 6.55. The van der Waals surface area contributed by atoms with Gasteiger partial charge in [-0.3, -0.25) is 0 Å². The molecule has 0 saturated heterocycles. The Bertz CT molecular complexity index is 799. The van der Waals surface area contributed by atoms with Crippen molar-refractivity contribution in [2.45, 2.75) is 96.3 Å². The topological polar surface area (TPSA) is 0 Å². The summed E-state index contributed by atoms with van der Waals surface area (Å²) in [5.41, 5.74) is 4.51. The van der Waals surface area contributed by atoms with E-state index in [1.807, 2.05) is 0 Å². The van der Waals surface area contributed by atoms with Crippen molar-refractivity contribution in [3.05, 3.63) is 83.4 Å². The molecule has 0 bridgehead atoms. The zero-order valence-corrected chi connectivity index (χ0v) is 20.5. The molecule has 0 unspecified atom stereocenters. The molecular formula is C32H44. The summed E-state index contributed by atoms with van der Waals surface area (Å²) in [6.45, 7) is 4.49. The first-order valence-electron chi connectivity index (χ1n) is 13.5. The summed E-state index contributed by atoms with van der Waals surface area (Å²) < 4.78 is 0. The molecule has 2 aromatic rings. The summed E-state index contributed by atoms with van der Waals surface area (Å²) in [5.74, 6) is 4.41. The molecule has 0 N–H and O–H groups in total. The third-order valence-electron chi connectivity index (χ3n) is 8.67. The molecule has 2 aliphatic rings. The number of hydrogen-bond acceptors (Lipinski definition) is 0. The van der Waals surface area contributed by atoms with E-state index in [4.69, 9.17) is 0 Å². The van der Waals surface area contributed by atoms with Crippen molar-refractivity contribution in [2.75, 3.05) is 0 Å². The molecule has 0 heterocycles. The van der Waals surface area contributed by atoms with Gasteiger partial charge in [-0.2, -0.15) is 0 Å². The van der Waals surface area contributed by atoms with Crippen LogP contribution in [0.2, 0.25) is 0 Å². The molecule has 4 rings (SSSR count). The molecule has 0 radical (unpaired) electrons. The lowest BCUT2D eigenvalue weighted by molar-refractivity contribution is 0.157. The van der Waals surface area contributed by atoms with Gasteiger partial charge < -0.3 is 0 Å². The Hall–Kier alpha value is -1.82. The molecule has 2 aromatic carbocycles. The smallest absolute Gasteiger partial charge is 0.0150 e. The van der Waals surface area contributed by atoms with Crippen LogP contribution in [0.25, 0.3) is 0 Å². The van der Waals surface area contributed by atoms with Crippen LogP contribution in [-0.2, 0) is 6.42 Å². The molecule has 0 heteroatoms. The van der Waals surface area contributed by atoms with Gasteiger partial charge >= 0.3 is 0 Å². The van der Waals surface area contributed by atoms with E-state index in [2.05, 4.69) is 80.6 Å². The van der Waals surface area contributed by atoms with Crippen molar-refractivity contribution in [1.29, 1.82) is 0 Å². The van der Waals surface area contributed by atoms with E-state index in [9.17, 15) is 0 Å². The Morgan fingerprint density at radius 3 is 2.03 bits per heavy atom. The van der Waals surface area contributed by atoms with Gasteiger partial charge in [0.05, 0.1) is 0 Å². The lowest BCUT2D eigenvalue weighted by atomic mass is 9.68. The highest BCUT2D eigenvalue weighted by molar-refractivity contribution is 5.28. The van der Waals surface area contributed by atoms with E-state index in [0.717, 1.165) is 30.1 Å². The third-order valence-corrected chi connectivity index (χ3v) is 8.67. The van der Waals surface area contributed by atoms with Gasteiger partial charge in [-0.25, -0.2) is 0 Å². The summed E-state index contributed by atoms with van der Waals surface area (Å²) in [6, 6.07) is 20.6. The van der Waals surface area contributed by atoms with Crippen LogP contribution in [0, 0.1) is 17.8 Å². The average molecular weight is 429 g/mol. The average Bonchev–Trinajstić information content (AvgIpc) is 2.86. The summed E-state index contributed by atoms with van der Waals surface area (Å²) >= 11 is 0. The standard InChI is InChI=1S/C32H44/c1-3-4-6-9-26-12-16-29(17-13-26)31-20-22-32(23-21-31)30-18-14-27(15-19-30)24-25(2)28-10-7-5-8-11-28/h3-5,7-8,10-11,14-15,18-19,25-26,29,31-32H,6,9,12-13,16-17,20-24H2,1-2H3/b4-3+/t25-,26?,29?,31?,32?/m1/s1. The predicted octanol–water partition coefficient (Wildman–Crippen LogP) is 9.47. The Kier molecular flexibility index (Phi) is 8.66. The van der Waals surface area contributed by atoms with Gasteiger partial charge in [0, 0.05) is 0 Å². The minimum atomic E-state index is 0.579. The fraction of sp³-hybridized carbons (Fsp3) is 0.562. The first kappa shape index (κ1) is 23.3. The highest BCUT2D eigenvalue weighted by Crippen LogP contribution is 2.44. The van der Waals surface area contributed by atoms with Gasteiger partial charge in [0.15, 0.2) is 0 Å². The van der Waals surface area contributed by atoms with Crippen LogP contribution in [0.4, 0.5) is 0 Å². The minimum Gasteiger partial charge on any atom is -0.0917 e. The van der Waals surface area contributed by atoms with E-state index in [0.29, 0.717) is 5.92 Å². The third kappa shape index (κ3) is 6.37. The van der Waals surface area contributed by atoms with E-state index >= 15 is 0 Å². The van der Waals surface area contributed by atoms with Crippen LogP contribution < -0.4 is 0 Å².